The molecule has 0 aromatic heterocycles. The Labute approximate surface area is 113 Å². The van der Waals surface area contributed by atoms with Gasteiger partial charge in [0.05, 0.1) is 0 Å². The van der Waals surface area contributed by atoms with Gasteiger partial charge in [0.1, 0.15) is 0 Å². The minimum atomic E-state index is 0.709. The van der Waals surface area contributed by atoms with Crippen molar-refractivity contribution in [2.75, 3.05) is 19.8 Å². The van der Waals surface area contributed by atoms with Crippen molar-refractivity contribution in [3.63, 3.8) is 0 Å². The molecule has 0 aliphatic carbocycles. The number of hydrogen-bond acceptors (Lipinski definition) is 2. The van der Waals surface area contributed by atoms with Crippen LogP contribution < -0.4 is 5.32 Å². The topological polar surface area (TPSA) is 21.3 Å². The van der Waals surface area contributed by atoms with Crippen molar-refractivity contribution in [1.29, 1.82) is 0 Å². The Kier molecular flexibility index (Phi) is 9.23. The van der Waals surface area contributed by atoms with E-state index in [4.69, 9.17) is 4.74 Å². The highest BCUT2D eigenvalue weighted by molar-refractivity contribution is 4.75. The zero-order chi connectivity index (χ0) is 13.1. The summed E-state index contributed by atoms with van der Waals surface area (Å²) >= 11 is 0. The number of rotatable bonds is 11. The van der Waals surface area contributed by atoms with E-state index in [-0.39, 0.29) is 0 Å². The van der Waals surface area contributed by atoms with Crippen LogP contribution in [0.3, 0.4) is 0 Å². The maximum Gasteiger partial charge on any atom is 0.0495 e. The van der Waals surface area contributed by atoms with Crippen molar-refractivity contribution in [3.8, 4) is 0 Å². The molecule has 0 aromatic carbocycles. The fourth-order valence-electron chi connectivity index (χ4n) is 2.68. The molecule has 1 saturated heterocycles. The van der Waals surface area contributed by atoms with Gasteiger partial charge in [0.2, 0.25) is 0 Å². The van der Waals surface area contributed by atoms with Gasteiger partial charge < -0.3 is 10.1 Å². The Bertz CT molecular complexity index is 199. The van der Waals surface area contributed by atoms with Gasteiger partial charge >= 0.3 is 0 Å². The number of unbranched alkanes of at least 4 members (excludes halogenated alkanes) is 3. The Morgan fingerprint density at radius 2 is 2.28 bits per heavy atom. The highest BCUT2D eigenvalue weighted by Crippen LogP contribution is 2.20. The second kappa shape index (κ2) is 10.6. The van der Waals surface area contributed by atoms with Crippen LogP contribution in [0.5, 0.6) is 0 Å². The predicted molar refractivity (Wildman–Crippen MR) is 78.9 cm³/mol. The summed E-state index contributed by atoms with van der Waals surface area (Å²) in [6.07, 6.45) is 12.3. The number of ether oxygens (including phenoxy) is 1. The summed E-state index contributed by atoms with van der Waals surface area (Å²) < 4.78 is 5.48. The van der Waals surface area contributed by atoms with Gasteiger partial charge in [-0.3, -0.25) is 0 Å². The van der Waals surface area contributed by atoms with Gasteiger partial charge in [-0.2, -0.15) is 0 Å². The molecule has 0 bridgehead atoms. The van der Waals surface area contributed by atoms with Crippen molar-refractivity contribution in [2.45, 2.75) is 64.3 Å². The molecule has 1 fully saturated rings. The minimum absolute atomic E-state index is 0.709. The Morgan fingerprint density at radius 1 is 1.39 bits per heavy atom. The zero-order valence-electron chi connectivity index (χ0n) is 12.1. The smallest absolute Gasteiger partial charge is 0.0495 e. The van der Waals surface area contributed by atoms with Crippen molar-refractivity contribution in [2.24, 2.45) is 5.92 Å². The maximum atomic E-state index is 5.48. The lowest BCUT2D eigenvalue weighted by Gasteiger charge is -2.21. The van der Waals surface area contributed by atoms with Crippen LogP contribution in [0.2, 0.25) is 0 Å². The number of hydrogen-bond donors (Lipinski definition) is 1. The van der Waals surface area contributed by atoms with E-state index < -0.39 is 0 Å². The molecule has 0 saturated carbocycles. The summed E-state index contributed by atoms with van der Waals surface area (Å²) in [5, 5.41) is 3.71. The second-order valence-electron chi connectivity index (χ2n) is 5.54. The van der Waals surface area contributed by atoms with Gasteiger partial charge in [-0.05, 0) is 51.0 Å². The van der Waals surface area contributed by atoms with E-state index in [2.05, 4.69) is 18.8 Å². The lowest BCUT2D eigenvalue weighted by molar-refractivity contribution is 0.180. The summed E-state index contributed by atoms with van der Waals surface area (Å²) in [5.74, 6) is 0.799. The Balaban J connectivity index is 2.14. The largest absolute Gasteiger partial charge is 0.381 e. The molecule has 0 spiro atoms. The summed E-state index contributed by atoms with van der Waals surface area (Å²) in [6.45, 7) is 9.14. The van der Waals surface area contributed by atoms with Crippen molar-refractivity contribution >= 4 is 0 Å². The average molecular weight is 253 g/mol. The standard InChI is InChI=1S/C16H31NO/c1-3-5-6-7-8-9-16(17-11-4-2)13-15-10-12-18-14-15/h3,15-17H,1,4-14H2,2H3. The molecular weight excluding hydrogens is 222 g/mol. The van der Waals surface area contributed by atoms with Crippen molar-refractivity contribution < 1.29 is 4.74 Å². The van der Waals surface area contributed by atoms with Crippen LogP contribution in [0.25, 0.3) is 0 Å². The zero-order valence-corrected chi connectivity index (χ0v) is 12.1. The summed E-state index contributed by atoms with van der Waals surface area (Å²) in [7, 11) is 0. The maximum absolute atomic E-state index is 5.48. The van der Waals surface area contributed by atoms with E-state index in [1.165, 1.54) is 51.4 Å². The molecule has 1 aliphatic rings. The fraction of sp³-hybridized carbons (Fsp3) is 0.875. The van der Waals surface area contributed by atoms with Crippen molar-refractivity contribution in [3.05, 3.63) is 12.7 Å². The molecule has 0 radical (unpaired) electrons. The third-order valence-electron chi connectivity index (χ3n) is 3.79. The van der Waals surface area contributed by atoms with Crippen molar-refractivity contribution in [1.82, 2.24) is 5.32 Å². The fourth-order valence-corrected chi connectivity index (χ4v) is 2.68. The molecule has 106 valence electrons. The van der Waals surface area contributed by atoms with E-state index in [1.54, 1.807) is 0 Å². The van der Waals surface area contributed by atoms with Crippen LogP contribution in [0.1, 0.15) is 58.3 Å². The van der Waals surface area contributed by atoms with Gasteiger partial charge in [0.15, 0.2) is 0 Å². The SMILES string of the molecule is C=CCCCCCC(CC1CCOC1)NCCC. The van der Waals surface area contributed by atoms with Gasteiger partial charge in [0, 0.05) is 19.3 Å². The van der Waals surface area contributed by atoms with Crippen LogP contribution in [-0.4, -0.2) is 25.8 Å². The first-order valence-electron chi connectivity index (χ1n) is 7.78. The molecule has 2 nitrogen and oxygen atoms in total. The van der Waals surface area contributed by atoms with Crippen LogP contribution in [-0.2, 0) is 4.74 Å². The molecule has 1 aliphatic heterocycles. The average Bonchev–Trinajstić information content (AvgIpc) is 2.88. The molecule has 2 unspecified atom stereocenters. The van der Waals surface area contributed by atoms with Gasteiger partial charge in [-0.1, -0.05) is 25.8 Å². The normalized spacial score (nSPS) is 21.1. The summed E-state index contributed by atoms with van der Waals surface area (Å²) in [5.41, 5.74) is 0. The summed E-state index contributed by atoms with van der Waals surface area (Å²) in [4.78, 5) is 0. The van der Waals surface area contributed by atoms with Gasteiger partial charge in [0.25, 0.3) is 0 Å². The van der Waals surface area contributed by atoms with Crippen LogP contribution >= 0.6 is 0 Å². The number of nitrogens with one attached hydrogen (secondary N) is 1. The predicted octanol–water partition coefficient (Wildman–Crippen LogP) is 3.92. The highest BCUT2D eigenvalue weighted by atomic mass is 16.5. The Morgan fingerprint density at radius 3 is 2.94 bits per heavy atom. The first-order valence-corrected chi connectivity index (χ1v) is 7.78. The Hall–Kier alpha value is -0.340. The van der Waals surface area contributed by atoms with E-state index in [1.807, 2.05) is 6.08 Å². The minimum Gasteiger partial charge on any atom is -0.381 e. The van der Waals surface area contributed by atoms with E-state index in [0.717, 1.165) is 25.7 Å². The van der Waals surface area contributed by atoms with E-state index in [9.17, 15) is 0 Å². The molecular formula is C16H31NO. The number of allylic oxidation sites excluding steroid dienone is 1. The lowest BCUT2D eigenvalue weighted by Crippen LogP contribution is -2.32. The van der Waals surface area contributed by atoms with E-state index in [0.29, 0.717) is 6.04 Å². The molecule has 2 atom stereocenters. The lowest BCUT2D eigenvalue weighted by atomic mass is 9.95. The molecule has 2 heteroatoms. The third-order valence-corrected chi connectivity index (χ3v) is 3.79. The first kappa shape index (κ1) is 15.7. The molecule has 1 N–H and O–H groups in total. The third kappa shape index (κ3) is 7.17. The molecule has 18 heavy (non-hydrogen) atoms. The first-order chi connectivity index (χ1) is 8.86. The van der Waals surface area contributed by atoms with Crippen LogP contribution in [0.15, 0.2) is 12.7 Å². The highest BCUT2D eigenvalue weighted by Gasteiger charge is 2.20. The molecule has 0 aromatic rings. The quantitative estimate of drug-likeness (QED) is 0.445. The summed E-state index contributed by atoms with van der Waals surface area (Å²) in [6, 6.07) is 0.709. The van der Waals surface area contributed by atoms with E-state index >= 15 is 0 Å². The monoisotopic (exact) mass is 253 g/mol. The molecule has 1 heterocycles. The van der Waals surface area contributed by atoms with Crippen LogP contribution in [0, 0.1) is 5.92 Å². The molecule has 1 rings (SSSR count). The van der Waals surface area contributed by atoms with Crippen LogP contribution in [0.4, 0.5) is 0 Å². The molecule has 0 amide bonds. The van der Waals surface area contributed by atoms with Gasteiger partial charge in [-0.15, -0.1) is 6.58 Å². The van der Waals surface area contributed by atoms with Gasteiger partial charge in [-0.25, -0.2) is 0 Å². The second-order valence-corrected chi connectivity index (χ2v) is 5.54.